The molecule has 0 unspecified atom stereocenters. The molecule has 2 N–H and O–H groups in total. The summed E-state index contributed by atoms with van der Waals surface area (Å²) in [5, 5.41) is 0. The molecule has 2 heterocycles. The molecule has 5 nitrogen and oxygen atoms in total. The van der Waals surface area contributed by atoms with Gasteiger partial charge in [0, 0.05) is 31.6 Å². The number of carbonyl (C=O) groups excluding carboxylic acids is 1. The molecule has 1 aromatic rings. The number of ether oxygens (including phenoxy) is 1. The monoisotopic (exact) mass is 291 g/mol. The van der Waals surface area contributed by atoms with E-state index in [1.165, 1.54) is 0 Å². The van der Waals surface area contributed by atoms with E-state index in [9.17, 15) is 4.79 Å². The summed E-state index contributed by atoms with van der Waals surface area (Å²) in [7, 11) is 0. The SMILES string of the molecule is Cc1ccc(OC2CCN(C(=O)[C@@H](N)C(C)C)CC2)cn1. The topological polar surface area (TPSA) is 68.5 Å². The van der Waals surface area contributed by atoms with Crippen LogP contribution in [-0.4, -0.2) is 41.0 Å². The summed E-state index contributed by atoms with van der Waals surface area (Å²) in [5.41, 5.74) is 6.91. The van der Waals surface area contributed by atoms with Crippen LogP contribution in [0.3, 0.4) is 0 Å². The number of aryl methyl sites for hydroxylation is 1. The average Bonchev–Trinajstić information content (AvgIpc) is 2.49. The predicted molar refractivity (Wildman–Crippen MR) is 82.0 cm³/mol. The van der Waals surface area contributed by atoms with Crippen LogP contribution in [0.5, 0.6) is 5.75 Å². The standard InChI is InChI=1S/C16H25N3O2/c1-11(2)15(17)16(20)19-8-6-13(7-9-19)21-14-5-4-12(3)18-10-14/h4-5,10-11,13,15H,6-9,17H2,1-3H3/t15-/m0/s1. The van der Waals surface area contributed by atoms with Crippen LogP contribution in [0.25, 0.3) is 0 Å². The van der Waals surface area contributed by atoms with Crippen molar-refractivity contribution in [2.75, 3.05) is 13.1 Å². The Morgan fingerprint density at radius 2 is 2.05 bits per heavy atom. The molecule has 2 rings (SSSR count). The van der Waals surface area contributed by atoms with E-state index in [4.69, 9.17) is 10.5 Å². The third kappa shape index (κ3) is 4.17. The highest BCUT2D eigenvalue weighted by molar-refractivity contribution is 5.82. The van der Waals surface area contributed by atoms with Gasteiger partial charge in [-0.25, -0.2) is 0 Å². The summed E-state index contributed by atoms with van der Waals surface area (Å²) >= 11 is 0. The van der Waals surface area contributed by atoms with Crippen LogP contribution in [0.4, 0.5) is 0 Å². The maximum absolute atomic E-state index is 12.2. The summed E-state index contributed by atoms with van der Waals surface area (Å²) in [6, 6.07) is 3.48. The third-order valence-electron chi connectivity index (χ3n) is 3.94. The predicted octanol–water partition coefficient (Wildman–Crippen LogP) is 1.74. The van der Waals surface area contributed by atoms with Gasteiger partial charge in [-0.2, -0.15) is 0 Å². The van der Waals surface area contributed by atoms with Crippen molar-refractivity contribution in [1.29, 1.82) is 0 Å². The minimum absolute atomic E-state index is 0.0560. The van der Waals surface area contributed by atoms with Gasteiger partial charge in [-0.3, -0.25) is 9.78 Å². The lowest BCUT2D eigenvalue weighted by Gasteiger charge is -2.34. The molecule has 1 aliphatic rings. The van der Waals surface area contributed by atoms with Gasteiger partial charge in [-0.15, -0.1) is 0 Å². The molecule has 0 radical (unpaired) electrons. The normalized spacial score (nSPS) is 17.9. The van der Waals surface area contributed by atoms with Crippen molar-refractivity contribution >= 4 is 5.91 Å². The first-order valence-electron chi connectivity index (χ1n) is 7.61. The van der Waals surface area contributed by atoms with Crippen LogP contribution in [0.2, 0.25) is 0 Å². The third-order valence-corrected chi connectivity index (χ3v) is 3.94. The van der Waals surface area contributed by atoms with Gasteiger partial charge >= 0.3 is 0 Å². The highest BCUT2D eigenvalue weighted by Crippen LogP contribution is 2.19. The minimum Gasteiger partial charge on any atom is -0.489 e. The van der Waals surface area contributed by atoms with Crippen LogP contribution in [-0.2, 0) is 4.79 Å². The van der Waals surface area contributed by atoms with Gasteiger partial charge in [-0.1, -0.05) is 13.8 Å². The molecule has 0 saturated carbocycles. The van der Waals surface area contributed by atoms with Gasteiger partial charge in [0.1, 0.15) is 11.9 Å². The molecule has 1 amide bonds. The van der Waals surface area contributed by atoms with Crippen molar-refractivity contribution < 1.29 is 9.53 Å². The van der Waals surface area contributed by atoms with Crippen LogP contribution in [0, 0.1) is 12.8 Å². The zero-order chi connectivity index (χ0) is 15.4. The molecule has 1 fully saturated rings. The molecular formula is C16H25N3O2. The number of carbonyl (C=O) groups is 1. The van der Waals surface area contributed by atoms with Crippen LogP contribution in [0.15, 0.2) is 18.3 Å². The van der Waals surface area contributed by atoms with Crippen molar-refractivity contribution in [2.24, 2.45) is 11.7 Å². The molecule has 1 atom stereocenters. The number of piperidine rings is 1. The highest BCUT2D eigenvalue weighted by Gasteiger charge is 2.28. The van der Waals surface area contributed by atoms with Crippen molar-refractivity contribution in [2.45, 2.75) is 45.8 Å². The van der Waals surface area contributed by atoms with E-state index >= 15 is 0 Å². The van der Waals surface area contributed by atoms with Crippen molar-refractivity contribution in [1.82, 2.24) is 9.88 Å². The zero-order valence-corrected chi connectivity index (χ0v) is 13.1. The number of amides is 1. The average molecular weight is 291 g/mol. The number of nitrogens with zero attached hydrogens (tertiary/aromatic N) is 2. The van der Waals surface area contributed by atoms with E-state index in [0.717, 1.165) is 24.3 Å². The Morgan fingerprint density at radius 1 is 1.38 bits per heavy atom. The smallest absolute Gasteiger partial charge is 0.239 e. The lowest BCUT2D eigenvalue weighted by atomic mass is 10.0. The maximum atomic E-state index is 12.2. The fourth-order valence-corrected chi connectivity index (χ4v) is 2.41. The number of hydrogen-bond donors (Lipinski definition) is 1. The van der Waals surface area contributed by atoms with E-state index in [2.05, 4.69) is 4.98 Å². The van der Waals surface area contributed by atoms with Gasteiger partial charge in [0.15, 0.2) is 0 Å². The molecule has 0 bridgehead atoms. The summed E-state index contributed by atoms with van der Waals surface area (Å²) in [6.07, 6.45) is 3.57. The second-order valence-corrected chi connectivity index (χ2v) is 6.05. The zero-order valence-electron chi connectivity index (χ0n) is 13.1. The number of rotatable bonds is 4. The van der Waals surface area contributed by atoms with Crippen LogP contribution in [0.1, 0.15) is 32.4 Å². The molecule has 21 heavy (non-hydrogen) atoms. The minimum atomic E-state index is -0.399. The lowest BCUT2D eigenvalue weighted by Crippen LogP contribution is -2.50. The van der Waals surface area contributed by atoms with Crippen molar-refractivity contribution in [3.63, 3.8) is 0 Å². The Morgan fingerprint density at radius 3 is 2.57 bits per heavy atom. The Hall–Kier alpha value is -1.62. The summed E-state index contributed by atoms with van der Waals surface area (Å²) in [4.78, 5) is 18.3. The number of likely N-dealkylation sites (tertiary alicyclic amines) is 1. The first-order chi connectivity index (χ1) is 9.97. The second kappa shape index (κ2) is 6.89. The number of nitrogens with two attached hydrogens (primary N) is 1. The van der Waals surface area contributed by atoms with E-state index in [-0.39, 0.29) is 17.9 Å². The second-order valence-electron chi connectivity index (χ2n) is 6.05. The molecule has 0 aromatic carbocycles. The van der Waals surface area contributed by atoms with Gasteiger partial charge in [0.05, 0.1) is 12.2 Å². The molecule has 1 aromatic heterocycles. The first kappa shape index (κ1) is 15.8. The number of aromatic nitrogens is 1. The van der Waals surface area contributed by atoms with Gasteiger partial charge in [0.2, 0.25) is 5.91 Å². The van der Waals surface area contributed by atoms with E-state index in [1.54, 1.807) is 6.20 Å². The largest absolute Gasteiger partial charge is 0.489 e. The molecule has 0 aliphatic carbocycles. The molecule has 5 heteroatoms. The summed E-state index contributed by atoms with van der Waals surface area (Å²) in [5.74, 6) is 1.02. The van der Waals surface area contributed by atoms with Crippen LogP contribution < -0.4 is 10.5 Å². The Kier molecular flexibility index (Phi) is 5.17. The molecule has 1 aliphatic heterocycles. The van der Waals surface area contributed by atoms with E-state index in [0.29, 0.717) is 13.1 Å². The van der Waals surface area contributed by atoms with Gasteiger partial charge < -0.3 is 15.4 Å². The van der Waals surface area contributed by atoms with Gasteiger partial charge in [-0.05, 0) is 25.0 Å². The van der Waals surface area contributed by atoms with Gasteiger partial charge in [0.25, 0.3) is 0 Å². The summed E-state index contributed by atoms with van der Waals surface area (Å²) in [6.45, 7) is 7.32. The first-order valence-corrected chi connectivity index (χ1v) is 7.61. The van der Waals surface area contributed by atoms with Crippen molar-refractivity contribution in [3.8, 4) is 5.75 Å². The molecule has 116 valence electrons. The van der Waals surface area contributed by atoms with Crippen LogP contribution >= 0.6 is 0 Å². The molecule has 1 saturated heterocycles. The van der Waals surface area contributed by atoms with E-state index in [1.807, 2.05) is 37.8 Å². The molecule has 0 spiro atoms. The maximum Gasteiger partial charge on any atom is 0.239 e. The van der Waals surface area contributed by atoms with Crippen molar-refractivity contribution in [3.05, 3.63) is 24.0 Å². The fourth-order valence-electron chi connectivity index (χ4n) is 2.41. The highest BCUT2D eigenvalue weighted by atomic mass is 16.5. The quantitative estimate of drug-likeness (QED) is 0.917. The number of pyridine rings is 1. The molecular weight excluding hydrogens is 266 g/mol. The number of hydrogen-bond acceptors (Lipinski definition) is 4. The Balaban J connectivity index is 1.83. The Labute approximate surface area is 126 Å². The Bertz CT molecular complexity index is 465. The fraction of sp³-hybridized carbons (Fsp3) is 0.625. The lowest BCUT2D eigenvalue weighted by molar-refractivity contribution is -0.135. The summed E-state index contributed by atoms with van der Waals surface area (Å²) < 4.78 is 5.91. The van der Waals surface area contributed by atoms with E-state index < -0.39 is 6.04 Å².